The molecule has 0 amide bonds. The molecule has 0 aliphatic heterocycles. The van der Waals surface area contributed by atoms with E-state index in [-0.39, 0.29) is 5.92 Å². The Labute approximate surface area is 99.9 Å². The van der Waals surface area contributed by atoms with Crippen LogP contribution < -0.4 is 5.32 Å². The van der Waals surface area contributed by atoms with Crippen LogP contribution in [0.25, 0.3) is 0 Å². The van der Waals surface area contributed by atoms with Crippen LogP contribution in [-0.2, 0) is 0 Å². The van der Waals surface area contributed by atoms with Gasteiger partial charge in [-0.25, -0.2) is 9.97 Å². The monoisotopic (exact) mass is 221 g/mol. The van der Waals surface area contributed by atoms with Crippen LogP contribution in [0.1, 0.15) is 17.3 Å². The van der Waals surface area contributed by atoms with Crippen LogP contribution >= 0.6 is 0 Å². The molecule has 0 bridgehead atoms. The van der Waals surface area contributed by atoms with E-state index >= 15 is 0 Å². The first-order chi connectivity index (χ1) is 8.31. The van der Waals surface area contributed by atoms with Crippen LogP contribution in [0.2, 0.25) is 0 Å². The van der Waals surface area contributed by atoms with Crippen LogP contribution in [0.4, 0.5) is 11.6 Å². The van der Waals surface area contributed by atoms with E-state index in [1.807, 2.05) is 43.3 Å². The zero-order valence-corrected chi connectivity index (χ0v) is 9.44. The molecule has 0 saturated carbocycles. The molecule has 0 atom stereocenters. The molecule has 0 fully saturated rings. The highest BCUT2D eigenvalue weighted by Crippen LogP contribution is 2.22. The normalized spacial score (nSPS) is 12.8. The number of rotatable bonds is 3. The summed E-state index contributed by atoms with van der Waals surface area (Å²) in [5, 5.41) is 3.19. The summed E-state index contributed by atoms with van der Waals surface area (Å²) >= 11 is 0. The highest BCUT2D eigenvalue weighted by molar-refractivity contribution is 5.54. The minimum atomic E-state index is 0.160. The van der Waals surface area contributed by atoms with Crippen LogP contribution in [0.3, 0.4) is 0 Å². The molecule has 1 aromatic carbocycles. The van der Waals surface area contributed by atoms with Crippen LogP contribution in [0.15, 0.2) is 36.4 Å². The Morgan fingerprint density at radius 1 is 1.12 bits per heavy atom. The molecule has 3 nitrogen and oxygen atoms in total. The van der Waals surface area contributed by atoms with E-state index < -0.39 is 0 Å². The molecule has 1 heterocycles. The third kappa shape index (κ3) is 2.26. The number of para-hydroxylation sites is 1. The Morgan fingerprint density at radius 2 is 1.88 bits per heavy atom. The molecule has 1 aliphatic rings. The van der Waals surface area contributed by atoms with Gasteiger partial charge in [-0.1, -0.05) is 30.0 Å². The lowest BCUT2D eigenvalue weighted by Crippen LogP contribution is -2.01. The van der Waals surface area contributed by atoms with Gasteiger partial charge in [0.2, 0.25) is 5.95 Å². The Balaban J connectivity index is 1.87. The number of aryl methyl sites for hydroxylation is 1. The molecule has 1 aromatic heterocycles. The van der Waals surface area contributed by atoms with Crippen molar-refractivity contribution in [2.45, 2.75) is 12.8 Å². The second kappa shape index (κ2) is 3.91. The highest BCUT2D eigenvalue weighted by atomic mass is 15.1. The first-order valence-corrected chi connectivity index (χ1v) is 5.50. The van der Waals surface area contributed by atoms with Gasteiger partial charge in [0.1, 0.15) is 5.92 Å². The lowest BCUT2D eigenvalue weighted by atomic mass is 10.2. The lowest BCUT2D eigenvalue weighted by molar-refractivity contribution is 1.02. The fraction of sp³-hybridized carbons (Fsp3) is 0.143. The summed E-state index contributed by atoms with van der Waals surface area (Å²) < 4.78 is 0. The molecule has 1 aliphatic carbocycles. The maximum Gasteiger partial charge on any atom is 0.227 e. The molecular formula is C14H11N3. The quantitative estimate of drug-likeness (QED) is 0.809. The average Bonchev–Trinajstić information content (AvgIpc) is 3.13. The second-order valence-corrected chi connectivity index (χ2v) is 3.97. The van der Waals surface area contributed by atoms with Gasteiger partial charge in [-0.3, -0.25) is 0 Å². The third-order valence-corrected chi connectivity index (χ3v) is 2.49. The van der Waals surface area contributed by atoms with Gasteiger partial charge >= 0.3 is 0 Å². The van der Waals surface area contributed by atoms with Crippen molar-refractivity contribution in [2.24, 2.45) is 0 Å². The Morgan fingerprint density at radius 3 is 2.59 bits per heavy atom. The summed E-state index contributed by atoms with van der Waals surface area (Å²) in [5.74, 6) is 6.79. The maximum atomic E-state index is 4.44. The van der Waals surface area contributed by atoms with Gasteiger partial charge in [0.15, 0.2) is 0 Å². The maximum absolute atomic E-state index is 4.44. The Bertz CT molecular complexity index is 600. The molecule has 3 rings (SSSR count). The summed E-state index contributed by atoms with van der Waals surface area (Å²) in [6, 6.07) is 11.9. The van der Waals surface area contributed by atoms with Gasteiger partial charge < -0.3 is 5.32 Å². The molecule has 3 heteroatoms. The van der Waals surface area contributed by atoms with Crippen molar-refractivity contribution >= 4 is 11.6 Å². The van der Waals surface area contributed by atoms with Crippen molar-refractivity contribution in [2.75, 3.05) is 5.32 Å². The molecule has 0 spiro atoms. The zero-order valence-electron chi connectivity index (χ0n) is 9.44. The number of nitrogens with one attached hydrogen (secondary N) is 1. The topological polar surface area (TPSA) is 37.8 Å². The highest BCUT2D eigenvalue weighted by Gasteiger charge is 2.16. The number of hydrogen-bond acceptors (Lipinski definition) is 3. The van der Waals surface area contributed by atoms with Crippen molar-refractivity contribution in [1.82, 2.24) is 9.97 Å². The minimum absolute atomic E-state index is 0.160. The van der Waals surface area contributed by atoms with E-state index in [1.54, 1.807) is 0 Å². The molecule has 1 N–H and O–H groups in total. The molecular weight excluding hydrogens is 210 g/mol. The fourth-order valence-corrected chi connectivity index (χ4v) is 1.64. The van der Waals surface area contributed by atoms with E-state index in [2.05, 4.69) is 27.1 Å². The fourth-order valence-electron chi connectivity index (χ4n) is 1.64. The molecule has 0 radical (unpaired) electrons. The first-order valence-electron chi connectivity index (χ1n) is 5.50. The predicted octanol–water partition coefficient (Wildman–Crippen LogP) is 2.63. The van der Waals surface area contributed by atoms with Gasteiger partial charge in [-0.15, -0.1) is 0 Å². The van der Waals surface area contributed by atoms with E-state index in [0.29, 0.717) is 5.95 Å². The Kier molecular flexibility index (Phi) is 2.27. The largest absolute Gasteiger partial charge is 0.324 e. The van der Waals surface area contributed by atoms with Crippen LogP contribution in [-0.4, -0.2) is 9.97 Å². The van der Waals surface area contributed by atoms with Crippen molar-refractivity contribution in [3.8, 4) is 11.8 Å². The van der Waals surface area contributed by atoms with Gasteiger partial charge in [0.05, 0.1) is 5.69 Å². The number of benzene rings is 1. The summed E-state index contributed by atoms with van der Waals surface area (Å²) in [5.41, 5.74) is 2.89. The van der Waals surface area contributed by atoms with E-state index in [1.165, 1.54) is 0 Å². The Hall–Kier alpha value is -2.34. The summed E-state index contributed by atoms with van der Waals surface area (Å²) in [7, 11) is 0. The second-order valence-electron chi connectivity index (χ2n) is 3.97. The molecule has 0 unspecified atom stereocenters. The zero-order chi connectivity index (χ0) is 11.7. The van der Waals surface area contributed by atoms with Gasteiger partial charge in [-0.2, -0.15) is 0 Å². The molecule has 0 saturated heterocycles. The van der Waals surface area contributed by atoms with Crippen molar-refractivity contribution in [3.63, 3.8) is 0 Å². The smallest absolute Gasteiger partial charge is 0.227 e. The van der Waals surface area contributed by atoms with Gasteiger partial charge in [0, 0.05) is 11.4 Å². The number of aromatic nitrogens is 2. The van der Waals surface area contributed by atoms with Crippen molar-refractivity contribution in [3.05, 3.63) is 47.8 Å². The number of nitrogens with zero attached hydrogens (tertiary/aromatic N) is 2. The van der Waals surface area contributed by atoms with Crippen molar-refractivity contribution in [1.29, 1.82) is 0 Å². The van der Waals surface area contributed by atoms with Crippen molar-refractivity contribution < 1.29 is 0 Å². The standard InChI is InChI=1S/C14H11N3/c1-10-9-13(11-7-8-11)17-14(15-10)16-12-5-3-2-4-6-12/h2-6,9,11H,1H3,(H,15,16,17). The van der Waals surface area contributed by atoms with Gasteiger partial charge in [-0.05, 0) is 25.1 Å². The van der Waals surface area contributed by atoms with E-state index in [9.17, 15) is 0 Å². The SMILES string of the molecule is Cc1cc(C2C#C2)nc(Nc2ccccc2)n1. The predicted molar refractivity (Wildman–Crippen MR) is 67.0 cm³/mol. The summed E-state index contributed by atoms with van der Waals surface area (Å²) in [4.78, 5) is 8.81. The third-order valence-electron chi connectivity index (χ3n) is 2.49. The average molecular weight is 221 g/mol. The first kappa shape index (κ1) is 9.86. The van der Waals surface area contributed by atoms with Gasteiger partial charge in [0.25, 0.3) is 0 Å². The molecule has 2 aromatic rings. The summed E-state index contributed by atoms with van der Waals surface area (Å²) in [6.07, 6.45) is 0. The van der Waals surface area contributed by atoms with Crippen LogP contribution in [0.5, 0.6) is 0 Å². The number of anilines is 2. The van der Waals surface area contributed by atoms with E-state index in [0.717, 1.165) is 17.1 Å². The molecule has 17 heavy (non-hydrogen) atoms. The molecule has 82 valence electrons. The summed E-state index contributed by atoms with van der Waals surface area (Å²) in [6.45, 7) is 1.96. The number of hydrogen-bond donors (Lipinski definition) is 1. The van der Waals surface area contributed by atoms with Crippen LogP contribution in [0, 0.1) is 18.8 Å². The van der Waals surface area contributed by atoms with E-state index in [4.69, 9.17) is 0 Å². The minimum Gasteiger partial charge on any atom is -0.324 e. The lowest BCUT2D eigenvalue weighted by Gasteiger charge is -2.07.